The molecule has 0 spiro atoms. The predicted octanol–water partition coefficient (Wildman–Crippen LogP) is 3.56. The summed E-state index contributed by atoms with van der Waals surface area (Å²) < 4.78 is 2.10. The Kier molecular flexibility index (Phi) is 3.95. The Labute approximate surface area is 161 Å². The molecule has 1 aliphatic heterocycles. The van der Waals surface area contributed by atoms with Crippen LogP contribution in [0.1, 0.15) is 34.4 Å². The van der Waals surface area contributed by atoms with Crippen molar-refractivity contribution < 1.29 is 0 Å². The van der Waals surface area contributed by atoms with Crippen LogP contribution in [-0.4, -0.2) is 35.8 Å². The van der Waals surface area contributed by atoms with Gasteiger partial charge in [-0.3, -0.25) is 9.88 Å². The molecule has 4 aromatic heterocycles. The highest BCUT2D eigenvalue weighted by atomic mass is 35.5. The molecule has 6 nitrogen and oxygen atoms in total. The van der Waals surface area contributed by atoms with Crippen LogP contribution in [0, 0.1) is 6.92 Å². The smallest absolute Gasteiger partial charge is 0.137 e. The van der Waals surface area contributed by atoms with Gasteiger partial charge in [0.15, 0.2) is 0 Å². The number of aryl methyl sites for hydroxylation is 1. The van der Waals surface area contributed by atoms with Crippen LogP contribution in [0.2, 0.25) is 5.02 Å². The zero-order valence-electron chi connectivity index (χ0n) is 14.9. The molecule has 5 heterocycles. The first-order chi connectivity index (χ1) is 13.2. The maximum atomic E-state index is 6.24. The molecule has 0 aliphatic carbocycles. The minimum absolute atomic E-state index is 0.0899. The van der Waals surface area contributed by atoms with E-state index in [0.29, 0.717) is 5.02 Å². The Hall–Kier alpha value is -2.70. The Morgan fingerprint density at radius 1 is 1.22 bits per heavy atom. The lowest BCUT2D eigenvalue weighted by Gasteiger charge is -2.35. The summed E-state index contributed by atoms with van der Waals surface area (Å²) in [6.07, 6.45) is 8.37. The maximum Gasteiger partial charge on any atom is 0.137 e. The van der Waals surface area contributed by atoms with E-state index in [-0.39, 0.29) is 6.04 Å². The van der Waals surface area contributed by atoms with Gasteiger partial charge >= 0.3 is 0 Å². The average Bonchev–Trinajstić information content (AvgIpc) is 3.27. The lowest BCUT2D eigenvalue weighted by molar-refractivity contribution is 0.197. The minimum Gasteiger partial charge on any atom is -0.348 e. The third-order valence-corrected chi connectivity index (χ3v) is 5.50. The number of rotatable bonds is 3. The van der Waals surface area contributed by atoms with Gasteiger partial charge in [-0.25, -0.2) is 9.97 Å². The lowest BCUT2D eigenvalue weighted by Crippen LogP contribution is -2.36. The quantitative estimate of drug-likeness (QED) is 0.592. The fourth-order valence-electron chi connectivity index (χ4n) is 3.98. The van der Waals surface area contributed by atoms with Gasteiger partial charge in [0.25, 0.3) is 0 Å². The van der Waals surface area contributed by atoms with Crippen LogP contribution in [-0.2, 0) is 13.0 Å². The molecule has 0 fully saturated rings. The number of aromatic nitrogens is 5. The summed E-state index contributed by atoms with van der Waals surface area (Å²) in [5, 5.41) is 0.708. The topological polar surface area (TPSA) is 62.1 Å². The third kappa shape index (κ3) is 2.81. The van der Waals surface area contributed by atoms with E-state index in [1.54, 1.807) is 6.33 Å². The number of pyridine rings is 2. The standard InChI is InChI=1S/C20H19ClN6/c1-13-17(27-10-15(21)2-3-18(27)25-13)11-26-9-6-16-19(24-12-23-16)20(26)14-4-7-22-8-5-14/h2-5,7-8,10,12,20H,6,9,11H2,1H3,(H,23,24). The minimum atomic E-state index is 0.0899. The first-order valence-corrected chi connectivity index (χ1v) is 9.37. The van der Waals surface area contributed by atoms with E-state index < -0.39 is 0 Å². The molecule has 1 aliphatic rings. The Morgan fingerprint density at radius 3 is 2.93 bits per heavy atom. The number of aromatic amines is 1. The summed E-state index contributed by atoms with van der Waals surface area (Å²) in [7, 11) is 0. The summed E-state index contributed by atoms with van der Waals surface area (Å²) in [6, 6.07) is 8.07. The number of nitrogens with one attached hydrogen (secondary N) is 1. The van der Waals surface area contributed by atoms with Gasteiger partial charge in [-0.05, 0) is 36.8 Å². The predicted molar refractivity (Wildman–Crippen MR) is 104 cm³/mol. The van der Waals surface area contributed by atoms with Crippen LogP contribution in [0.5, 0.6) is 0 Å². The molecule has 1 N–H and O–H groups in total. The van der Waals surface area contributed by atoms with Gasteiger partial charge in [0.05, 0.1) is 34.5 Å². The molecule has 0 amide bonds. The molecule has 4 aromatic rings. The van der Waals surface area contributed by atoms with Crippen LogP contribution in [0.4, 0.5) is 0 Å². The number of halogens is 1. The first-order valence-electron chi connectivity index (χ1n) is 9.00. The fraction of sp³-hybridized carbons (Fsp3) is 0.250. The van der Waals surface area contributed by atoms with E-state index in [0.717, 1.165) is 42.2 Å². The number of hydrogen-bond donors (Lipinski definition) is 1. The van der Waals surface area contributed by atoms with Gasteiger partial charge in [0.1, 0.15) is 5.65 Å². The largest absolute Gasteiger partial charge is 0.348 e. The summed E-state index contributed by atoms with van der Waals surface area (Å²) in [5.74, 6) is 0. The molecule has 0 radical (unpaired) electrons. The Bertz CT molecular complexity index is 1100. The van der Waals surface area contributed by atoms with Crippen molar-refractivity contribution in [2.75, 3.05) is 6.54 Å². The monoisotopic (exact) mass is 378 g/mol. The molecule has 0 saturated heterocycles. The average molecular weight is 379 g/mol. The number of imidazole rings is 2. The van der Waals surface area contributed by atoms with Crippen molar-refractivity contribution in [1.82, 2.24) is 29.2 Å². The van der Waals surface area contributed by atoms with Crippen LogP contribution < -0.4 is 0 Å². The molecular formula is C20H19ClN6. The molecule has 1 unspecified atom stereocenters. The number of H-pyrrole nitrogens is 1. The summed E-state index contributed by atoms with van der Waals surface area (Å²) in [4.78, 5) is 19.3. The van der Waals surface area contributed by atoms with Crippen LogP contribution in [0.25, 0.3) is 5.65 Å². The Morgan fingerprint density at radius 2 is 2.07 bits per heavy atom. The number of nitrogens with zero attached hydrogens (tertiary/aromatic N) is 5. The van der Waals surface area contributed by atoms with Crippen molar-refractivity contribution in [2.45, 2.75) is 25.9 Å². The second-order valence-corrected chi connectivity index (χ2v) is 7.33. The molecule has 1 atom stereocenters. The molecular weight excluding hydrogens is 360 g/mol. The molecule has 7 heteroatoms. The molecule has 0 saturated carbocycles. The number of hydrogen-bond acceptors (Lipinski definition) is 4. The zero-order chi connectivity index (χ0) is 18.4. The molecule has 27 heavy (non-hydrogen) atoms. The molecule has 136 valence electrons. The third-order valence-electron chi connectivity index (χ3n) is 5.28. The van der Waals surface area contributed by atoms with Crippen LogP contribution in [0.15, 0.2) is 49.2 Å². The van der Waals surface area contributed by atoms with Gasteiger partial charge < -0.3 is 9.38 Å². The normalized spacial score (nSPS) is 17.3. The van der Waals surface area contributed by atoms with E-state index in [1.165, 1.54) is 11.3 Å². The van der Waals surface area contributed by atoms with Gasteiger partial charge in [-0.15, -0.1) is 0 Å². The highest BCUT2D eigenvalue weighted by Crippen LogP contribution is 2.34. The van der Waals surface area contributed by atoms with Crippen molar-refractivity contribution in [3.63, 3.8) is 0 Å². The van der Waals surface area contributed by atoms with Crippen molar-refractivity contribution in [2.24, 2.45) is 0 Å². The van der Waals surface area contributed by atoms with E-state index in [2.05, 4.69) is 43.3 Å². The van der Waals surface area contributed by atoms with Crippen LogP contribution in [0.3, 0.4) is 0 Å². The lowest BCUT2D eigenvalue weighted by atomic mass is 9.96. The van der Waals surface area contributed by atoms with Gasteiger partial charge in [0.2, 0.25) is 0 Å². The SMILES string of the molecule is Cc1nc2ccc(Cl)cn2c1CN1CCc2[nH]cnc2C1c1ccncc1. The van der Waals surface area contributed by atoms with Crippen molar-refractivity contribution >= 4 is 17.2 Å². The summed E-state index contributed by atoms with van der Waals surface area (Å²) >= 11 is 6.24. The highest BCUT2D eigenvalue weighted by molar-refractivity contribution is 6.30. The molecule has 5 rings (SSSR count). The summed E-state index contributed by atoms with van der Waals surface area (Å²) in [6.45, 7) is 3.77. The van der Waals surface area contributed by atoms with Crippen LogP contribution >= 0.6 is 11.6 Å². The zero-order valence-corrected chi connectivity index (χ0v) is 15.7. The van der Waals surface area contributed by atoms with Gasteiger partial charge in [-0.2, -0.15) is 0 Å². The first kappa shape index (κ1) is 16.5. The summed E-state index contributed by atoms with van der Waals surface area (Å²) in [5.41, 5.74) is 6.61. The highest BCUT2D eigenvalue weighted by Gasteiger charge is 2.31. The molecule has 0 bridgehead atoms. The van der Waals surface area contributed by atoms with Gasteiger partial charge in [0, 0.05) is 43.8 Å². The Balaban J connectivity index is 1.58. The van der Waals surface area contributed by atoms with Crippen molar-refractivity contribution in [1.29, 1.82) is 0 Å². The van der Waals surface area contributed by atoms with E-state index in [9.17, 15) is 0 Å². The second kappa shape index (κ2) is 6.48. The number of fused-ring (bicyclic) bond motifs is 2. The van der Waals surface area contributed by atoms with Gasteiger partial charge in [-0.1, -0.05) is 11.6 Å². The maximum absolute atomic E-state index is 6.24. The molecule has 0 aromatic carbocycles. The van der Waals surface area contributed by atoms with Crippen molar-refractivity contribution in [3.05, 3.63) is 82.5 Å². The fourth-order valence-corrected chi connectivity index (χ4v) is 4.14. The van der Waals surface area contributed by atoms with E-state index >= 15 is 0 Å². The van der Waals surface area contributed by atoms with Crippen molar-refractivity contribution in [3.8, 4) is 0 Å². The second-order valence-electron chi connectivity index (χ2n) is 6.89. The van der Waals surface area contributed by atoms with E-state index in [1.807, 2.05) is 30.7 Å². The van der Waals surface area contributed by atoms with E-state index in [4.69, 9.17) is 16.6 Å².